The molecule has 1 N–H and O–H groups in total. The molecule has 0 saturated carbocycles. The predicted molar refractivity (Wildman–Crippen MR) is 105 cm³/mol. The lowest BCUT2D eigenvalue weighted by molar-refractivity contribution is -0.116. The van der Waals surface area contributed by atoms with Crippen molar-refractivity contribution < 1.29 is 22.7 Å². The molecule has 0 spiro atoms. The van der Waals surface area contributed by atoms with Crippen LogP contribution in [0.3, 0.4) is 0 Å². The first-order valence-electron chi connectivity index (χ1n) is 8.53. The SMILES string of the molecule is COc1ccc(S(=O)(=O)N2CCOCC2)cc1NC(=O)Cn1c(C)csc1=O. The number of hydrogen-bond acceptors (Lipinski definition) is 7. The molecule has 2 heterocycles. The summed E-state index contributed by atoms with van der Waals surface area (Å²) in [5.41, 5.74) is 0.906. The Morgan fingerprint density at radius 2 is 2.04 bits per heavy atom. The van der Waals surface area contributed by atoms with Crippen molar-refractivity contribution in [3.63, 3.8) is 0 Å². The maximum absolute atomic E-state index is 12.8. The van der Waals surface area contributed by atoms with Gasteiger partial charge >= 0.3 is 4.87 Å². The van der Waals surface area contributed by atoms with E-state index in [1.807, 2.05) is 0 Å². The van der Waals surface area contributed by atoms with Gasteiger partial charge in [0, 0.05) is 24.2 Å². The largest absolute Gasteiger partial charge is 0.495 e. The van der Waals surface area contributed by atoms with E-state index >= 15 is 0 Å². The molecule has 0 radical (unpaired) electrons. The van der Waals surface area contributed by atoms with Crippen molar-refractivity contribution in [3.8, 4) is 5.75 Å². The van der Waals surface area contributed by atoms with E-state index in [-0.39, 0.29) is 35.1 Å². The average molecular weight is 428 g/mol. The molecule has 0 bridgehead atoms. The van der Waals surface area contributed by atoms with Crippen molar-refractivity contribution in [2.45, 2.75) is 18.4 Å². The minimum absolute atomic E-state index is 0.0504. The van der Waals surface area contributed by atoms with E-state index in [9.17, 15) is 18.0 Å². The highest BCUT2D eigenvalue weighted by Gasteiger charge is 2.27. The lowest BCUT2D eigenvalue weighted by atomic mass is 10.3. The first kappa shape index (κ1) is 20.5. The molecule has 1 aromatic heterocycles. The Labute approximate surface area is 166 Å². The number of aryl methyl sites for hydroxylation is 1. The molecule has 1 saturated heterocycles. The van der Waals surface area contributed by atoms with E-state index in [0.29, 0.717) is 24.7 Å². The van der Waals surface area contributed by atoms with Crippen molar-refractivity contribution in [3.05, 3.63) is 38.9 Å². The van der Waals surface area contributed by atoms with Gasteiger partial charge in [-0.1, -0.05) is 11.3 Å². The fourth-order valence-electron chi connectivity index (χ4n) is 2.81. The normalized spacial score (nSPS) is 15.4. The van der Waals surface area contributed by atoms with Gasteiger partial charge in [-0.25, -0.2) is 8.42 Å². The van der Waals surface area contributed by atoms with Gasteiger partial charge in [0.1, 0.15) is 12.3 Å². The predicted octanol–water partition coefficient (Wildman–Crippen LogP) is 0.886. The summed E-state index contributed by atoms with van der Waals surface area (Å²) in [6, 6.07) is 4.29. The molecule has 1 aliphatic rings. The second-order valence-electron chi connectivity index (χ2n) is 6.16. The Morgan fingerprint density at radius 1 is 1.32 bits per heavy atom. The van der Waals surface area contributed by atoms with Crippen LogP contribution in [0.1, 0.15) is 5.69 Å². The zero-order valence-corrected chi connectivity index (χ0v) is 17.1. The number of amides is 1. The van der Waals surface area contributed by atoms with Crippen LogP contribution < -0.4 is 14.9 Å². The van der Waals surface area contributed by atoms with Crippen molar-refractivity contribution in [1.82, 2.24) is 8.87 Å². The Balaban J connectivity index is 1.85. The summed E-state index contributed by atoms with van der Waals surface area (Å²) in [6.45, 7) is 2.80. The number of thiazole rings is 1. The number of hydrogen-bond donors (Lipinski definition) is 1. The van der Waals surface area contributed by atoms with Gasteiger partial charge in [0.05, 0.1) is 30.9 Å². The lowest BCUT2D eigenvalue weighted by Gasteiger charge is -2.26. The summed E-state index contributed by atoms with van der Waals surface area (Å²) >= 11 is 1.02. The van der Waals surface area contributed by atoms with Gasteiger partial charge in [0.15, 0.2) is 0 Å². The third-order valence-electron chi connectivity index (χ3n) is 4.33. The van der Waals surface area contributed by atoms with Crippen molar-refractivity contribution in [2.24, 2.45) is 0 Å². The number of anilines is 1. The smallest absolute Gasteiger partial charge is 0.307 e. The summed E-state index contributed by atoms with van der Waals surface area (Å²) < 4.78 is 38.8. The van der Waals surface area contributed by atoms with Crippen LogP contribution in [-0.4, -0.2) is 56.6 Å². The van der Waals surface area contributed by atoms with Crippen molar-refractivity contribution in [2.75, 3.05) is 38.7 Å². The molecule has 0 unspecified atom stereocenters. The van der Waals surface area contributed by atoms with Crippen LogP contribution in [0, 0.1) is 6.92 Å². The topological polar surface area (TPSA) is 107 Å². The average Bonchev–Trinajstić information content (AvgIpc) is 3.00. The van der Waals surface area contributed by atoms with Gasteiger partial charge in [0.2, 0.25) is 15.9 Å². The third-order valence-corrected chi connectivity index (χ3v) is 7.11. The number of carbonyl (C=O) groups is 1. The van der Waals surface area contributed by atoms with Crippen molar-refractivity contribution in [1.29, 1.82) is 0 Å². The molecule has 1 aliphatic heterocycles. The third kappa shape index (κ3) is 4.27. The van der Waals surface area contributed by atoms with Crippen LogP contribution in [0.15, 0.2) is 33.3 Å². The molecule has 0 atom stereocenters. The number of methoxy groups -OCH3 is 1. The Morgan fingerprint density at radius 3 is 2.64 bits per heavy atom. The molecule has 28 heavy (non-hydrogen) atoms. The number of aromatic nitrogens is 1. The second kappa shape index (κ2) is 8.43. The van der Waals surface area contributed by atoms with Crippen LogP contribution in [-0.2, 0) is 26.1 Å². The summed E-state index contributed by atoms with van der Waals surface area (Å²) in [4.78, 5) is 24.0. The van der Waals surface area contributed by atoms with Gasteiger partial charge < -0.3 is 14.8 Å². The molecule has 0 aliphatic carbocycles. The van der Waals surface area contributed by atoms with Crippen LogP contribution in [0.5, 0.6) is 5.75 Å². The fraction of sp³-hybridized carbons (Fsp3) is 0.412. The molecular weight excluding hydrogens is 406 g/mol. The lowest BCUT2D eigenvalue weighted by Crippen LogP contribution is -2.40. The second-order valence-corrected chi connectivity index (χ2v) is 8.91. The highest BCUT2D eigenvalue weighted by atomic mass is 32.2. The monoisotopic (exact) mass is 427 g/mol. The van der Waals surface area contributed by atoms with E-state index in [4.69, 9.17) is 9.47 Å². The number of ether oxygens (including phenoxy) is 2. The number of sulfonamides is 1. The molecule has 1 amide bonds. The van der Waals surface area contributed by atoms with Crippen LogP contribution in [0.4, 0.5) is 5.69 Å². The Hall–Kier alpha value is -2.21. The van der Waals surface area contributed by atoms with Gasteiger partial charge in [-0.05, 0) is 25.1 Å². The van der Waals surface area contributed by atoms with Gasteiger partial charge in [0.25, 0.3) is 0 Å². The zero-order chi connectivity index (χ0) is 20.3. The Kier molecular flexibility index (Phi) is 6.18. The minimum atomic E-state index is -3.72. The molecule has 9 nitrogen and oxygen atoms in total. The fourth-order valence-corrected chi connectivity index (χ4v) is 4.98. The number of nitrogens with one attached hydrogen (secondary N) is 1. The maximum Gasteiger partial charge on any atom is 0.307 e. The van der Waals surface area contributed by atoms with E-state index in [0.717, 1.165) is 11.3 Å². The quantitative estimate of drug-likeness (QED) is 0.734. The zero-order valence-electron chi connectivity index (χ0n) is 15.5. The van der Waals surface area contributed by atoms with Crippen LogP contribution >= 0.6 is 11.3 Å². The molecule has 1 fully saturated rings. The summed E-state index contributed by atoms with van der Waals surface area (Å²) in [5.74, 6) is -0.133. The van der Waals surface area contributed by atoms with E-state index in [1.54, 1.807) is 12.3 Å². The van der Waals surface area contributed by atoms with Gasteiger partial charge in [-0.2, -0.15) is 4.31 Å². The highest BCUT2D eigenvalue weighted by molar-refractivity contribution is 7.89. The number of carbonyl (C=O) groups excluding carboxylic acids is 1. The van der Waals surface area contributed by atoms with Crippen LogP contribution in [0.2, 0.25) is 0 Å². The summed E-state index contributed by atoms with van der Waals surface area (Å²) in [5, 5.41) is 4.32. The summed E-state index contributed by atoms with van der Waals surface area (Å²) in [7, 11) is -2.29. The van der Waals surface area contributed by atoms with Crippen LogP contribution in [0.25, 0.3) is 0 Å². The minimum Gasteiger partial charge on any atom is -0.495 e. The van der Waals surface area contributed by atoms with Crippen molar-refractivity contribution >= 4 is 33.0 Å². The highest BCUT2D eigenvalue weighted by Crippen LogP contribution is 2.29. The molecule has 3 rings (SSSR count). The maximum atomic E-state index is 12.8. The number of rotatable bonds is 6. The van der Waals surface area contributed by atoms with Gasteiger partial charge in [-0.3, -0.25) is 14.2 Å². The number of nitrogens with zero attached hydrogens (tertiary/aromatic N) is 2. The molecule has 1 aromatic carbocycles. The van der Waals surface area contributed by atoms with E-state index in [2.05, 4.69) is 5.32 Å². The standard InChI is InChI=1S/C17H21N3O6S2/c1-12-11-27-17(22)20(12)10-16(21)18-14-9-13(3-4-15(14)25-2)28(23,24)19-5-7-26-8-6-19/h3-4,9,11H,5-8,10H2,1-2H3,(H,18,21). The molecular formula is C17H21N3O6S2. The van der Waals surface area contributed by atoms with Gasteiger partial charge in [-0.15, -0.1) is 0 Å². The summed E-state index contributed by atoms with van der Waals surface area (Å²) in [6.07, 6.45) is 0. The molecule has 152 valence electrons. The molecule has 11 heteroatoms. The number of benzene rings is 1. The molecule has 2 aromatic rings. The number of morpholine rings is 1. The first-order valence-corrected chi connectivity index (χ1v) is 10.9. The van der Waals surface area contributed by atoms with E-state index in [1.165, 1.54) is 34.2 Å². The first-order chi connectivity index (χ1) is 13.3. The Bertz CT molecular complexity index is 1020. The van der Waals surface area contributed by atoms with E-state index < -0.39 is 15.9 Å².